The van der Waals surface area contributed by atoms with Crippen LogP contribution in [-0.4, -0.2) is 25.6 Å². The van der Waals surface area contributed by atoms with Crippen molar-refractivity contribution in [2.45, 2.75) is 26.4 Å². The van der Waals surface area contributed by atoms with Gasteiger partial charge in [-0.15, -0.1) is 0 Å². The van der Waals surface area contributed by atoms with Crippen molar-refractivity contribution in [1.82, 2.24) is 0 Å². The highest BCUT2D eigenvalue weighted by molar-refractivity contribution is 5.76. The highest BCUT2D eigenvalue weighted by Gasteiger charge is 2.19. The summed E-state index contributed by atoms with van der Waals surface area (Å²) < 4.78 is 11.2. The molecule has 3 heteroatoms. The monoisotopic (exact) mass is 220 g/mol. The first kappa shape index (κ1) is 11.1. The Balaban J connectivity index is 2.22. The van der Waals surface area contributed by atoms with Crippen LogP contribution in [0.2, 0.25) is 0 Å². The van der Waals surface area contributed by atoms with Crippen molar-refractivity contribution in [3.8, 4) is 5.75 Å². The third kappa shape index (κ3) is 2.25. The molecule has 1 aliphatic rings. The summed E-state index contributed by atoms with van der Waals surface area (Å²) in [5.41, 5.74) is 2.72. The second-order valence-corrected chi connectivity index (χ2v) is 4.21. The van der Waals surface area contributed by atoms with E-state index in [2.05, 4.69) is 0 Å². The first-order valence-electron chi connectivity index (χ1n) is 5.51. The second-order valence-electron chi connectivity index (χ2n) is 4.21. The van der Waals surface area contributed by atoms with Crippen LogP contribution in [0.1, 0.15) is 27.9 Å². The first-order valence-corrected chi connectivity index (χ1v) is 5.51. The minimum atomic E-state index is 0.152. The Labute approximate surface area is 95.4 Å². The molecule has 16 heavy (non-hydrogen) atoms. The summed E-state index contributed by atoms with van der Waals surface area (Å²) in [6.45, 7) is 5.36. The van der Waals surface area contributed by atoms with Crippen LogP contribution in [0.3, 0.4) is 0 Å². The number of aryl methyl sites for hydroxylation is 2. The molecule has 1 aromatic rings. The van der Waals surface area contributed by atoms with E-state index >= 15 is 0 Å². The number of aldehydes is 1. The van der Waals surface area contributed by atoms with Crippen molar-refractivity contribution in [2.24, 2.45) is 0 Å². The lowest BCUT2D eigenvalue weighted by atomic mass is 10.1. The summed E-state index contributed by atoms with van der Waals surface area (Å²) in [4.78, 5) is 10.7. The molecular weight excluding hydrogens is 204 g/mol. The van der Waals surface area contributed by atoms with Crippen molar-refractivity contribution < 1.29 is 14.3 Å². The molecule has 86 valence electrons. The lowest BCUT2D eigenvalue weighted by molar-refractivity contribution is 0.112. The molecule has 0 aromatic heterocycles. The van der Waals surface area contributed by atoms with Gasteiger partial charge in [0.05, 0.1) is 13.2 Å². The smallest absolute Gasteiger partial charge is 0.150 e. The fraction of sp³-hybridized carbons (Fsp3) is 0.462. The summed E-state index contributed by atoms with van der Waals surface area (Å²) >= 11 is 0. The van der Waals surface area contributed by atoms with E-state index in [4.69, 9.17) is 9.47 Å². The molecule has 0 bridgehead atoms. The van der Waals surface area contributed by atoms with Crippen LogP contribution in [0.15, 0.2) is 12.1 Å². The minimum absolute atomic E-state index is 0.152. The van der Waals surface area contributed by atoms with Crippen LogP contribution in [0.25, 0.3) is 0 Å². The highest BCUT2D eigenvalue weighted by Crippen LogP contribution is 2.26. The number of benzene rings is 1. The van der Waals surface area contributed by atoms with Crippen molar-refractivity contribution in [1.29, 1.82) is 0 Å². The third-order valence-electron chi connectivity index (χ3n) is 2.79. The molecule has 1 saturated heterocycles. The SMILES string of the molecule is Cc1cc(C=O)cc(C)c1OC1CCOC1. The van der Waals surface area contributed by atoms with Gasteiger partial charge in [-0.25, -0.2) is 0 Å². The van der Waals surface area contributed by atoms with E-state index in [1.54, 1.807) is 0 Å². The quantitative estimate of drug-likeness (QED) is 0.733. The summed E-state index contributed by atoms with van der Waals surface area (Å²) in [6, 6.07) is 3.70. The van der Waals surface area contributed by atoms with Gasteiger partial charge in [0.15, 0.2) is 0 Å². The predicted octanol–water partition coefficient (Wildman–Crippen LogP) is 2.28. The molecule has 3 nitrogen and oxygen atoms in total. The maximum Gasteiger partial charge on any atom is 0.150 e. The van der Waals surface area contributed by atoms with E-state index in [9.17, 15) is 4.79 Å². The maximum atomic E-state index is 10.7. The molecule has 1 aromatic carbocycles. The fourth-order valence-corrected chi connectivity index (χ4v) is 2.01. The molecule has 2 rings (SSSR count). The molecule has 1 aliphatic heterocycles. The molecular formula is C13H16O3. The van der Waals surface area contributed by atoms with Crippen LogP contribution in [0.5, 0.6) is 5.75 Å². The summed E-state index contributed by atoms with van der Waals surface area (Å²) in [5.74, 6) is 0.890. The summed E-state index contributed by atoms with van der Waals surface area (Å²) in [5, 5.41) is 0. The predicted molar refractivity (Wildman–Crippen MR) is 61.2 cm³/mol. The third-order valence-corrected chi connectivity index (χ3v) is 2.79. The van der Waals surface area contributed by atoms with E-state index in [1.165, 1.54) is 0 Å². The zero-order valence-electron chi connectivity index (χ0n) is 9.66. The van der Waals surface area contributed by atoms with E-state index in [-0.39, 0.29) is 6.10 Å². The molecule has 0 aliphatic carbocycles. The standard InChI is InChI=1S/C13H16O3/c1-9-5-11(7-14)6-10(2)13(9)16-12-3-4-15-8-12/h5-7,12H,3-4,8H2,1-2H3. The average Bonchev–Trinajstić information content (AvgIpc) is 2.75. The number of hydrogen-bond acceptors (Lipinski definition) is 3. The van der Waals surface area contributed by atoms with Gasteiger partial charge in [0.1, 0.15) is 18.1 Å². The van der Waals surface area contributed by atoms with Gasteiger partial charge in [0, 0.05) is 12.0 Å². The van der Waals surface area contributed by atoms with Gasteiger partial charge in [-0.05, 0) is 37.1 Å². The number of hydrogen-bond donors (Lipinski definition) is 0. The van der Waals surface area contributed by atoms with Crippen molar-refractivity contribution in [2.75, 3.05) is 13.2 Å². The van der Waals surface area contributed by atoms with Crippen LogP contribution in [0.4, 0.5) is 0 Å². The maximum absolute atomic E-state index is 10.7. The molecule has 1 fully saturated rings. The van der Waals surface area contributed by atoms with E-state index in [1.807, 2.05) is 26.0 Å². The van der Waals surface area contributed by atoms with Crippen LogP contribution in [-0.2, 0) is 4.74 Å². The van der Waals surface area contributed by atoms with Gasteiger partial charge in [0.25, 0.3) is 0 Å². The van der Waals surface area contributed by atoms with Crippen molar-refractivity contribution in [3.63, 3.8) is 0 Å². The Kier molecular flexibility index (Phi) is 3.25. The molecule has 0 amide bonds. The normalized spacial score (nSPS) is 19.8. The van der Waals surface area contributed by atoms with Crippen molar-refractivity contribution >= 4 is 6.29 Å². The Morgan fingerprint density at radius 2 is 2.06 bits per heavy atom. The van der Waals surface area contributed by atoms with Gasteiger partial charge in [0.2, 0.25) is 0 Å². The lowest BCUT2D eigenvalue weighted by Gasteiger charge is -2.16. The number of carbonyl (C=O) groups excluding carboxylic acids is 1. The van der Waals surface area contributed by atoms with Gasteiger partial charge < -0.3 is 9.47 Å². The Morgan fingerprint density at radius 3 is 2.56 bits per heavy atom. The molecule has 1 heterocycles. The van der Waals surface area contributed by atoms with Crippen LogP contribution in [0, 0.1) is 13.8 Å². The van der Waals surface area contributed by atoms with Gasteiger partial charge in [-0.3, -0.25) is 4.79 Å². The molecule has 1 atom stereocenters. The van der Waals surface area contributed by atoms with Crippen molar-refractivity contribution in [3.05, 3.63) is 28.8 Å². The Bertz CT molecular complexity index is 369. The van der Waals surface area contributed by atoms with Crippen LogP contribution < -0.4 is 4.74 Å². The number of rotatable bonds is 3. The topological polar surface area (TPSA) is 35.5 Å². The summed E-state index contributed by atoms with van der Waals surface area (Å²) in [6.07, 6.45) is 1.95. The molecule has 0 spiro atoms. The second kappa shape index (κ2) is 4.66. The highest BCUT2D eigenvalue weighted by atomic mass is 16.5. The van der Waals surface area contributed by atoms with Gasteiger partial charge in [-0.1, -0.05) is 0 Å². The fourth-order valence-electron chi connectivity index (χ4n) is 2.01. The molecule has 0 N–H and O–H groups in total. The zero-order valence-corrected chi connectivity index (χ0v) is 9.66. The molecule has 0 radical (unpaired) electrons. The Morgan fingerprint density at radius 1 is 1.38 bits per heavy atom. The molecule has 0 saturated carbocycles. The largest absolute Gasteiger partial charge is 0.487 e. The zero-order chi connectivity index (χ0) is 11.5. The van der Waals surface area contributed by atoms with E-state index in [0.717, 1.165) is 36.2 Å². The summed E-state index contributed by atoms with van der Waals surface area (Å²) in [7, 11) is 0. The lowest BCUT2D eigenvalue weighted by Crippen LogP contribution is -2.17. The number of carbonyl (C=O) groups is 1. The van der Waals surface area contributed by atoms with E-state index < -0.39 is 0 Å². The minimum Gasteiger partial charge on any atom is -0.487 e. The first-order chi connectivity index (χ1) is 7.70. The van der Waals surface area contributed by atoms with Crippen LogP contribution >= 0.6 is 0 Å². The average molecular weight is 220 g/mol. The Hall–Kier alpha value is -1.35. The number of ether oxygens (including phenoxy) is 2. The van der Waals surface area contributed by atoms with E-state index in [0.29, 0.717) is 12.2 Å². The van der Waals surface area contributed by atoms with Gasteiger partial charge in [-0.2, -0.15) is 0 Å². The van der Waals surface area contributed by atoms with Gasteiger partial charge >= 0.3 is 0 Å². The molecule has 1 unspecified atom stereocenters.